The number of furan rings is 2. The van der Waals surface area contributed by atoms with Gasteiger partial charge in [-0.15, -0.1) is 0 Å². The number of nitrogens with zero attached hydrogens (tertiary/aromatic N) is 2. The molecule has 4 heterocycles. The third-order valence-corrected chi connectivity index (χ3v) is 14.1. The van der Waals surface area contributed by atoms with E-state index in [1.54, 1.807) is 0 Å². The molecule has 0 amide bonds. The van der Waals surface area contributed by atoms with Crippen LogP contribution in [0.25, 0.3) is 98.9 Å². The standard InChI is InChI=1S/C54H44N2O2/c1-3-15-33(16-4-1)40-31-51-42(29-48(40)55-44-23-11-7-19-35(44)36-20-8-12-24-45(36)55)39-27-28-50-53(54(39)58-51)43-30-49(41(32-52(43)57-50)34-17-5-2-6-18-34)56-46-25-13-9-21-37(46)38-22-10-14-26-47(38)56/h7-14,19-34H,1-6,15-18H2. The van der Waals surface area contributed by atoms with Crippen molar-refractivity contribution in [3.63, 3.8) is 0 Å². The van der Waals surface area contributed by atoms with Crippen LogP contribution in [0.3, 0.4) is 0 Å². The molecule has 0 atom stereocenters. The number of para-hydroxylation sites is 4. The Kier molecular flexibility index (Phi) is 7.13. The van der Waals surface area contributed by atoms with Crippen LogP contribution in [-0.2, 0) is 0 Å². The molecule has 0 unspecified atom stereocenters. The molecule has 0 saturated heterocycles. The van der Waals surface area contributed by atoms with Gasteiger partial charge < -0.3 is 18.0 Å². The van der Waals surface area contributed by atoms with E-state index in [-0.39, 0.29) is 0 Å². The van der Waals surface area contributed by atoms with E-state index in [0.717, 1.165) is 43.9 Å². The summed E-state index contributed by atoms with van der Waals surface area (Å²) in [5, 5.41) is 9.65. The summed E-state index contributed by atoms with van der Waals surface area (Å²) in [5.41, 5.74) is 14.0. The normalized spacial score (nSPS) is 16.1. The lowest BCUT2D eigenvalue weighted by atomic mass is 9.82. The Labute approximate surface area is 336 Å². The number of aromatic nitrogens is 2. The largest absolute Gasteiger partial charge is 0.456 e. The Bertz CT molecular complexity index is 3320. The van der Waals surface area contributed by atoms with Gasteiger partial charge in [-0.1, -0.05) is 111 Å². The summed E-state index contributed by atoms with van der Waals surface area (Å²) in [6.07, 6.45) is 12.6. The van der Waals surface area contributed by atoms with E-state index in [9.17, 15) is 0 Å². The Morgan fingerprint density at radius 2 is 0.793 bits per heavy atom. The zero-order valence-electron chi connectivity index (χ0n) is 32.6. The first-order valence-electron chi connectivity index (χ1n) is 21.6. The highest BCUT2D eigenvalue weighted by molar-refractivity contribution is 6.23. The molecule has 11 aromatic rings. The highest BCUT2D eigenvalue weighted by atomic mass is 16.3. The van der Waals surface area contributed by atoms with Crippen molar-refractivity contribution >= 4 is 87.5 Å². The van der Waals surface area contributed by atoms with Gasteiger partial charge in [0.1, 0.15) is 22.3 Å². The molecule has 4 heteroatoms. The van der Waals surface area contributed by atoms with Crippen LogP contribution in [0.15, 0.2) is 142 Å². The number of hydrogen-bond acceptors (Lipinski definition) is 2. The van der Waals surface area contributed by atoms with Gasteiger partial charge in [0.2, 0.25) is 0 Å². The summed E-state index contributed by atoms with van der Waals surface area (Å²) in [6, 6.07) is 49.7. The summed E-state index contributed by atoms with van der Waals surface area (Å²) >= 11 is 0. The van der Waals surface area contributed by atoms with Crippen molar-refractivity contribution in [3.05, 3.63) is 145 Å². The van der Waals surface area contributed by atoms with Crippen molar-refractivity contribution in [2.24, 2.45) is 0 Å². The van der Waals surface area contributed by atoms with Crippen molar-refractivity contribution < 1.29 is 8.83 Å². The quantitative estimate of drug-likeness (QED) is 0.179. The van der Waals surface area contributed by atoms with E-state index in [2.05, 4.69) is 143 Å². The topological polar surface area (TPSA) is 36.1 Å². The lowest BCUT2D eigenvalue weighted by Gasteiger charge is -2.25. The average Bonchev–Trinajstić information content (AvgIpc) is 4.03. The number of benzene rings is 7. The maximum atomic E-state index is 7.15. The average molecular weight is 753 g/mol. The second kappa shape index (κ2) is 12.6. The second-order valence-electron chi connectivity index (χ2n) is 17.2. The Hall–Kier alpha value is -6.26. The Balaban J connectivity index is 1.11. The van der Waals surface area contributed by atoms with Crippen molar-refractivity contribution in [1.82, 2.24) is 9.13 Å². The molecule has 282 valence electrons. The van der Waals surface area contributed by atoms with Gasteiger partial charge in [-0.3, -0.25) is 0 Å². The van der Waals surface area contributed by atoms with Gasteiger partial charge >= 0.3 is 0 Å². The zero-order valence-corrected chi connectivity index (χ0v) is 32.6. The maximum Gasteiger partial charge on any atom is 0.147 e. The first-order chi connectivity index (χ1) is 28.8. The van der Waals surface area contributed by atoms with Crippen LogP contribution in [-0.4, -0.2) is 9.13 Å². The van der Waals surface area contributed by atoms with Crippen LogP contribution in [0.2, 0.25) is 0 Å². The van der Waals surface area contributed by atoms with E-state index >= 15 is 0 Å². The third-order valence-electron chi connectivity index (χ3n) is 14.1. The lowest BCUT2D eigenvalue weighted by Crippen LogP contribution is -2.09. The fourth-order valence-electron chi connectivity index (χ4n) is 11.4. The maximum absolute atomic E-state index is 7.15. The van der Waals surface area contributed by atoms with Gasteiger partial charge in [0.15, 0.2) is 0 Å². The van der Waals surface area contributed by atoms with Crippen LogP contribution < -0.4 is 0 Å². The molecule has 7 aromatic carbocycles. The highest BCUT2D eigenvalue weighted by Crippen LogP contribution is 2.47. The lowest BCUT2D eigenvalue weighted by molar-refractivity contribution is 0.443. The van der Waals surface area contributed by atoms with Crippen LogP contribution in [0.4, 0.5) is 0 Å². The molecule has 13 rings (SSSR count). The molecule has 0 radical (unpaired) electrons. The minimum absolute atomic E-state index is 0.489. The number of hydrogen-bond donors (Lipinski definition) is 0. The van der Waals surface area contributed by atoms with E-state index < -0.39 is 0 Å². The Morgan fingerprint density at radius 1 is 0.362 bits per heavy atom. The minimum atomic E-state index is 0.489. The van der Waals surface area contributed by atoms with Gasteiger partial charge in [0, 0.05) is 37.7 Å². The predicted molar refractivity (Wildman–Crippen MR) is 241 cm³/mol. The summed E-state index contributed by atoms with van der Waals surface area (Å²) in [4.78, 5) is 0. The molecule has 4 nitrogen and oxygen atoms in total. The van der Waals surface area contributed by atoms with Crippen molar-refractivity contribution in [3.8, 4) is 11.4 Å². The van der Waals surface area contributed by atoms with Crippen molar-refractivity contribution in [2.45, 2.75) is 76.0 Å². The molecule has 0 bridgehead atoms. The van der Waals surface area contributed by atoms with E-state index in [1.807, 2.05) is 0 Å². The van der Waals surface area contributed by atoms with Gasteiger partial charge in [-0.2, -0.15) is 0 Å². The molecule has 0 aliphatic heterocycles. The summed E-state index contributed by atoms with van der Waals surface area (Å²) in [7, 11) is 0. The summed E-state index contributed by atoms with van der Waals surface area (Å²) in [5.74, 6) is 0.980. The van der Waals surface area contributed by atoms with Crippen molar-refractivity contribution in [2.75, 3.05) is 0 Å². The SMILES string of the molecule is c1ccc2c(c1)c1ccccc1n2-c1cc2c(cc1C1CCCCC1)oc1c2ccc2oc3cc(C4CCCCC4)c(-n4c5ccccc5c5ccccc54)cc3c21. The number of fused-ring (bicyclic) bond motifs is 13. The van der Waals surface area contributed by atoms with Crippen LogP contribution in [0.5, 0.6) is 0 Å². The smallest absolute Gasteiger partial charge is 0.147 e. The first-order valence-corrected chi connectivity index (χ1v) is 21.6. The third kappa shape index (κ3) is 4.69. The van der Waals surface area contributed by atoms with Crippen molar-refractivity contribution in [1.29, 1.82) is 0 Å². The molecule has 0 N–H and O–H groups in total. The summed E-state index contributed by atoms with van der Waals surface area (Å²) in [6.45, 7) is 0. The predicted octanol–water partition coefficient (Wildman–Crippen LogP) is 15.8. The molecule has 2 aliphatic rings. The molecular formula is C54H44N2O2. The minimum Gasteiger partial charge on any atom is -0.456 e. The first kappa shape index (κ1) is 32.8. The van der Waals surface area contributed by atoms with Crippen LogP contribution >= 0.6 is 0 Å². The number of rotatable bonds is 4. The molecule has 4 aromatic heterocycles. The molecule has 2 fully saturated rings. The molecule has 2 saturated carbocycles. The zero-order chi connectivity index (χ0) is 37.9. The van der Waals surface area contributed by atoms with Gasteiger partial charge in [0.25, 0.3) is 0 Å². The van der Waals surface area contributed by atoms with E-state index in [1.165, 1.54) is 130 Å². The second-order valence-corrected chi connectivity index (χ2v) is 17.2. The fourth-order valence-corrected chi connectivity index (χ4v) is 11.4. The van der Waals surface area contributed by atoms with E-state index in [4.69, 9.17) is 8.83 Å². The van der Waals surface area contributed by atoms with Gasteiger partial charge in [-0.05, 0) is 109 Å². The van der Waals surface area contributed by atoms with Gasteiger partial charge in [0.05, 0.1) is 38.8 Å². The molecule has 0 spiro atoms. The monoisotopic (exact) mass is 752 g/mol. The Morgan fingerprint density at radius 3 is 1.28 bits per heavy atom. The molecule has 58 heavy (non-hydrogen) atoms. The fraction of sp³-hybridized carbons (Fsp3) is 0.222. The highest BCUT2D eigenvalue weighted by Gasteiger charge is 2.28. The van der Waals surface area contributed by atoms with Gasteiger partial charge in [-0.25, -0.2) is 0 Å². The summed E-state index contributed by atoms with van der Waals surface area (Å²) < 4.78 is 19.1. The van der Waals surface area contributed by atoms with Crippen LogP contribution in [0.1, 0.15) is 87.2 Å². The van der Waals surface area contributed by atoms with E-state index in [0.29, 0.717) is 11.8 Å². The molecule has 2 aliphatic carbocycles. The molecular weight excluding hydrogens is 709 g/mol. The van der Waals surface area contributed by atoms with Crippen LogP contribution in [0, 0.1) is 0 Å².